The summed E-state index contributed by atoms with van der Waals surface area (Å²) in [5, 5.41) is 0. The summed E-state index contributed by atoms with van der Waals surface area (Å²) in [7, 11) is 0. The van der Waals surface area contributed by atoms with Gasteiger partial charge in [-0.15, -0.1) is 0 Å². The van der Waals surface area contributed by atoms with Crippen molar-refractivity contribution >= 4 is 0 Å². The second-order valence-corrected chi connectivity index (χ2v) is 4.14. The molecule has 16 heavy (non-hydrogen) atoms. The van der Waals surface area contributed by atoms with Crippen molar-refractivity contribution < 1.29 is 4.84 Å². The summed E-state index contributed by atoms with van der Waals surface area (Å²) in [6.45, 7) is 5.06. The molecule has 0 aromatic heterocycles. The zero-order chi connectivity index (χ0) is 11.6. The highest BCUT2D eigenvalue weighted by Gasteiger charge is 2.04. The van der Waals surface area contributed by atoms with Gasteiger partial charge in [-0.2, -0.15) is 5.48 Å². The van der Waals surface area contributed by atoms with Crippen LogP contribution in [0.5, 0.6) is 0 Å². The zero-order valence-electron chi connectivity index (χ0n) is 10.4. The molecular formula is C14H23NO. The van der Waals surface area contributed by atoms with Gasteiger partial charge < -0.3 is 0 Å². The van der Waals surface area contributed by atoms with Crippen LogP contribution in [0.3, 0.4) is 0 Å². The maximum absolute atomic E-state index is 5.52. The zero-order valence-corrected chi connectivity index (χ0v) is 10.4. The molecule has 0 aliphatic carbocycles. The maximum atomic E-state index is 5.52. The average Bonchev–Trinajstić information content (AvgIpc) is 2.35. The molecule has 0 aliphatic rings. The summed E-state index contributed by atoms with van der Waals surface area (Å²) in [5.41, 5.74) is 4.36. The molecule has 0 radical (unpaired) electrons. The number of benzene rings is 1. The smallest absolute Gasteiger partial charge is 0.0933 e. The summed E-state index contributed by atoms with van der Waals surface area (Å²) >= 11 is 0. The number of rotatable bonds is 8. The van der Waals surface area contributed by atoms with E-state index in [4.69, 9.17) is 4.84 Å². The summed E-state index contributed by atoms with van der Waals surface area (Å²) < 4.78 is 0. The molecule has 0 saturated heterocycles. The topological polar surface area (TPSA) is 21.3 Å². The number of hydrogen-bond donors (Lipinski definition) is 1. The van der Waals surface area contributed by atoms with E-state index < -0.39 is 0 Å². The van der Waals surface area contributed by atoms with E-state index in [2.05, 4.69) is 31.5 Å². The largest absolute Gasteiger partial charge is 0.297 e. The van der Waals surface area contributed by atoms with Crippen molar-refractivity contribution in [1.29, 1.82) is 0 Å². The van der Waals surface area contributed by atoms with Gasteiger partial charge in [-0.05, 0) is 18.4 Å². The highest BCUT2D eigenvalue weighted by Crippen LogP contribution is 2.05. The van der Waals surface area contributed by atoms with E-state index in [1.807, 2.05) is 18.2 Å². The van der Waals surface area contributed by atoms with Crippen molar-refractivity contribution in [3.05, 3.63) is 35.9 Å². The molecule has 2 nitrogen and oxygen atoms in total. The second-order valence-electron chi connectivity index (χ2n) is 4.14. The third-order valence-electron chi connectivity index (χ3n) is 2.73. The van der Waals surface area contributed by atoms with Crippen molar-refractivity contribution in [3.8, 4) is 0 Å². The first-order chi connectivity index (χ1) is 7.86. The van der Waals surface area contributed by atoms with Crippen LogP contribution in [0, 0.1) is 0 Å². The predicted molar refractivity (Wildman–Crippen MR) is 68.0 cm³/mol. The molecule has 0 spiro atoms. The van der Waals surface area contributed by atoms with Gasteiger partial charge in [0.25, 0.3) is 0 Å². The lowest BCUT2D eigenvalue weighted by Crippen LogP contribution is -2.28. The third kappa shape index (κ3) is 5.29. The summed E-state index contributed by atoms with van der Waals surface area (Å²) in [6, 6.07) is 10.7. The van der Waals surface area contributed by atoms with E-state index in [1.165, 1.54) is 24.8 Å². The standard InChI is InChI=1S/C14H23NO/c1-3-5-11-14(4-2)15-16-12-13-9-7-6-8-10-13/h6-10,14-15H,3-5,11-12H2,1-2H3/t14-/m0/s1. The van der Waals surface area contributed by atoms with Crippen molar-refractivity contribution in [1.82, 2.24) is 5.48 Å². The Balaban J connectivity index is 2.18. The van der Waals surface area contributed by atoms with Gasteiger partial charge in [0.1, 0.15) is 0 Å². The van der Waals surface area contributed by atoms with Gasteiger partial charge in [-0.3, -0.25) is 4.84 Å². The number of unbranched alkanes of at least 4 members (excludes halogenated alkanes) is 1. The highest BCUT2D eigenvalue weighted by atomic mass is 16.6. The van der Waals surface area contributed by atoms with Crippen LogP contribution in [-0.2, 0) is 11.4 Å². The molecule has 0 saturated carbocycles. The van der Waals surface area contributed by atoms with E-state index >= 15 is 0 Å². The minimum atomic E-state index is 0.490. The van der Waals surface area contributed by atoms with Gasteiger partial charge in [0.15, 0.2) is 0 Å². The van der Waals surface area contributed by atoms with Crippen LogP contribution < -0.4 is 5.48 Å². The molecule has 0 unspecified atom stereocenters. The number of hydroxylamine groups is 1. The number of nitrogens with one attached hydrogen (secondary N) is 1. The maximum Gasteiger partial charge on any atom is 0.0933 e. The van der Waals surface area contributed by atoms with Gasteiger partial charge in [0.05, 0.1) is 6.61 Å². The second kappa shape index (κ2) is 8.31. The van der Waals surface area contributed by atoms with Crippen LogP contribution in [0.1, 0.15) is 45.1 Å². The lowest BCUT2D eigenvalue weighted by molar-refractivity contribution is 0.000385. The molecule has 0 fully saturated rings. The van der Waals surface area contributed by atoms with Crippen LogP contribution >= 0.6 is 0 Å². The Kier molecular flexibility index (Phi) is 6.86. The molecule has 0 heterocycles. The molecule has 1 rings (SSSR count). The molecule has 1 aromatic carbocycles. The first kappa shape index (κ1) is 13.2. The van der Waals surface area contributed by atoms with Crippen LogP contribution in [-0.4, -0.2) is 6.04 Å². The van der Waals surface area contributed by atoms with E-state index in [1.54, 1.807) is 0 Å². The van der Waals surface area contributed by atoms with E-state index in [0.29, 0.717) is 12.6 Å². The fraction of sp³-hybridized carbons (Fsp3) is 0.571. The SMILES string of the molecule is CCCC[C@H](CC)NOCc1ccccc1. The third-order valence-corrected chi connectivity index (χ3v) is 2.73. The van der Waals surface area contributed by atoms with E-state index in [0.717, 1.165) is 6.42 Å². The molecule has 0 aliphatic heterocycles. The normalized spacial score (nSPS) is 12.6. The van der Waals surface area contributed by atoms with Gasteiger partial charge in [0, 0.05) is 6.04 Å². The van der Waals surface area contributed by atoms with Crippen molar-refractivity contribution in [3.63, 3.8) is 0 Å². The summed E-state index contributed by atoms with van der Waals surface area (Å²) in [6.07, 6.45) is 4.83. The van der Waals surface area contributed by atoms with Crippen molar-refractivity contribution in [2.24, 2.45) is 0 Å². The molecule has 90 valence electrons. The quantitative estimate of drug-likeness (QED) is 0.676. The highest BCUT2D eigenvalue weighted by molar-refractivity contribution is 5.13. The van der Waals surface area contributed by atoms with Crippen LogP contribution in [0.2, 0.25) is 0 Å². The first-order valence-corrected chi connectivity index (χ1v) is 6.28. The summed E-state index contributed by atoms with van der Waals surface area (Å²) in [5.74, 6) is 0. The van der Waals surface area contributed by atoms with E-state index in [-0.39, 0.29) is 0 Å². The monoisotopic (exact) mass is 221 g/mol. The predicted octanol–water partition coefficient (Wildman–Crippen LogP) is 3.68. The Bertz CT molecular complexity index is 261. The minimum absolute atomic E-state index is 0.490. The lowest BCUT2D eigenvalue weighted by atomic mass is 10.1. The lowest BCUT2D eigenvalue weighted by Gasteiger charge is -2.16. The summed E-state index contributed by atoms with van der Waals surface area (Å²) in [4.78, 5) is 5.52. The molecule has 1 aromatic rings. The van der Waals surface area contributed by atoms with Gasteiger partial charge >= 0.3 is 0 Å². The molecule has 2 heteroatoms. The Morgan fingerprint density at radius 1 is 1.19 bits per heavy atom. The Hall–Kier alpha value is -0.860. The molecular weight excluding hydrogens is 198 g/mol. The fourth-order valence-electron chi connectivity index (χ4n) is 1.61. The van der Waals surface area contributed by atoms with Crippen molar-refractivity contribution in [2.45, 2.75) is 52.2 Å². The first-order valence-electron chi connectivity index (χ1n) is 6.28. The Labute approximate surface area is 99.0 Å². The van der Waals surface area contributed by atoms with Crippen molar-refractivity contribution in [2.75, 3.05) is 0 Å². The Morgan fingerprint density at radius 3 is 2.56 bits per heavy atom. The van der Waals surface area contributed by atoms with Crippen LogP contribution in [0.15, 0.2) is 30.3 Å². The van der Waals surface area contributed by atoms with Gasteiger partial charge in [-0.1, -0.05) is 57.0 Å². The average molecular weight is 221 g/mol. The van der Waals surface area contributed by atoms with E-state index in [9.17, 15) is 0 Å². The molecule has 0 bridgehead atoms. The molecule has 1 N–H and O–H groups in total. The van der Waals surface area contributed by atoms with Gasteiger partial charge in [0.2, 0.25) is 0 Å². The number of hydrogen-bond acceptors (Lipinski definition) is 2. The Morgan fingerprint density at radius 2 is 1.94 bits per heavy atom. The molecule has 1 atom stereocenters. The van der Waals surface area contributed by atoms with Gasteiger partial charge in [-0.25, -0.2) is 0 Å². The van der Waals surface area contributed by atoms with Crippen LogP contribution in [0.25, 0.3) is 0 Å². The minimum Gasteiger partial charge on any atom is -0.297 e. The fourth-order valence-corrected chi connectivity index (χ4v) is 1.61. The van der Waals surface area contributed by atoms with Crippen LogP contribution in [0.4, 0.5) is 0 Å². The molecule has 0 amide bonds.